The van der Waals surface area contributed by atoms with Crippen LogP contribution >= 0.6 is 0 Å². The van der Waals surface area contributed by atoms with Gasteiger partial charge in [-0.05, 0) is 38.3 Å². The smallest absolute Gasteiger partial charge is 0.261 e. The first-order valence-electron chi connectivity index (χ1n) is 7.50. The van der Waals surface area contributed by atoms with Crippen LogP contribution in [-0.4, -0.2) is 32.9 Å². The Morgan fingerprint density at radius 1 is 1.41 bits per heavy atom. The number of carbonyl (C=O) groups excluding carboxylic acids is 1. The highest BCUT2D eigenvalue weighted by Gasteiger charge is 2.23. The number of benzene rings is 1. The van der Waals surface area contributed by atoms with Crippen molar-refractivity contribution >= 4 is 16.8 Å². The molecule has 0 N–H and O–H groups in total. The third kappa shape index (κ3) is 2.73. The molecule has 1 amide bonds. The lowest BCUT2D eigenvalue weighted by Crippen LogP contribution is -2.44. The Morgan fingerprint density at radius 3 is 3.00 bits per heavy atom. The van der Waals surface area contributed by atoms with E-state index in [4.69, 9.17) is 0 Å². The van der Waals surface area contributed by atoms with E-state index in [0.29, 0.717) is 10.9 Å². The number of hydrogen-bond acceptors (Lipinski definition) is 3. The van der Waals surface area contributed by atoms with E-state index in [9.17, 15) is 14.0 Å². The molecule has 0 aliphatic carbocycles. The lowest BCUT2D eigenvalue weighted by atomic mass is 10.0. The second-order valence-electron chi connectivity index (χ2n) is 5.77. The van der Waals surface area contributed by atoms with Crippen molar-refractivity contribution in [3.63, 3.8) is 0 Å². The molecule has 1 aromatic heterocycles. The largest absolute Gasteiger partial charge is 0.338 e. The van der Waals surface area contributed by atoms with Gasteiger partial charge in [-0.25, -0.2) is 9.37 Å². The third-order valence-electron chi connectivity index (χ3n) is 4.22. The summed E-state index contributed by atoms with van der Waals surface area (Å²) in [5.41, 5.74) is -0.0111. The summed E-state index contributed by atoms with van der Waals surface area (Å²) in [5, 5.41) is 0.323. The first-order valence-corrected chi connectivity index (χ1v) is 7.50. The second-order valence-corrected chi connectivity index (χ2v) is 5.77. The maximum atomic E-state index is 13.2. The van der Waals surface area contributed by atoms with Gasteiger partial charge < -0.3 is 4.90 Å². The quantitative estimate of drug-likeness (QED) is 0.852. The zero-order valence-corrected chi connectivity index (χ0v) is 12.5. The molecule has 0 spiro atoms. The van der Waals surface area contributed by atoms with E-state index < -0.39 is 5.82 Å². The summed E-state index contributed by atoms with van der Waals surface area (Å²) in [6.45, 7) is 2.74. The van der Waals surface area contributed by atoms with Crippen LogP contribution in [0.25, 0.3) is 10.9 Å². The van der Waals surface area contributed by atoms with Crippen molar-refractivity contribution in [1.29, 1.82) is 0 Å². The fourth-order valence-corrected chi connectivity index (χ4v) is 2.95. The van der Waals surface area contributed by atoms with E-state index in [-0.39, 0.29) is 24.1 Å². The second kappa shape index (κ2) is 5.87. The number of piperidine rings is 1. The average molecular weight is 303 g/mol. The highest BCUT2D eigenvalue weighted by atomic mass is 19.1. The van der Waals surface area contributed by atoms with E-state index in [1.165, 1.54) is 29.1 Å². The van der Waals surface area contributed by atoms with Crippen LogP contribution in [0.4, 0.5) is 4.39 Å². The van der Waals surface area contributed by atoms with E-state index in [2.05, 4.69) is 4.98 Å². The predicted molar refractivity (Wildman–Crippen MR) is 81.0 cm³/mol. The van der Waals surface area contributed by atoms with Crippen molar-refractivity contribution in [2.45, 2.75) is 38.8 Å². The Labute approximate surface area is 127 Å². The molecule has 3 rings (SSSR count). The van der Waals surface area contributed by atoms with Crippen LogP contribution in [-0.2, 0) is 11.3 Å². The van der Waals surface area contributed by atoms with Gasteiger partial charge in [0.2, 0.25) is 5.91 Å². The van der Waals surface area contributed by atoms with Gasteiger partial charge in [-0.3, -0.25) is 14.2 Å². The number of aromatic nitrogens is 2. The molecule has 1 unspecified atom stereocenters. The third-order valence-corrected chi connectivity index (χ3v) is 4.22. The highest BCUT2D eigenvalue weighted by molar-refractivity contribution is 5.79. The molecule has 22 heavy (non-hydrogen) atoms. The fourth-order valence-electron chi connectivity index (χ4n) is 2.95. The van der Waals surface area contributed by atoms with Crippen LogP contribution in [0.3, 0.4) is 0 Å². The van der Waals surface area contributed by atoms with Gasteiger partial charge in [0.15, 0.2) is 0 Å². The molecule has 0 radical (unpaired) electrons. The lowest BCUT2D eigenvalue weighted by molar-refractivity contribution is -0.135. The zero-order chi connectivity index (χ0) is 15.7. The molecule has 1 saturated heterocycles. The normalized spacial score (nSPS) is 18.6. The van der Waals surface area contributed by atoms with Gasteiger partial charge >= 0.3 is 0 Å². The molecule has 5 nitrogen and oxygen atoms in total. The van der Waals surface area contributed by atoms with Crippen LogP contribution in [0.15, 0.2) is 29.3 Å². The van der Waals surface area contributed by atoms with Gasteiger partial charge in [0, 0.05) is 18.7 Å². The van der Waals surface area contributed by atoms with Gasteiger partial charge in [-0.1, -0.05) is 0 Å². The Kier molecular flexibility index (Phi) is 3.92. The number of hydrogen-bond donors (Lipinski definition) is 0. The van der Waals surface area contributed by atoms with Crippen LogP contribution in [0.2, 0.25) is 0 Å². The van der Waals surface area contributed by atoms with Gasteiger partial charge in [-0.15, -0.1) is 0 Å². The Morgan fingerprint density at radius 2 is 2.23 bits per heavy atom. The molecular weight excluding hydrogens is 285 g/mol. The molecular formula is C16H18FN3O2. The SMILES string of the molecule is CC1CCCCN1C(=O)Cn1cnc2cc(F)ccc2c1=O. The summed E-state index contributed by atoms with van der Waals surface area (Å²) in [6, 6.07) is 4.06. The zero-order valence-electron chi connectivity index (χ0n) is 12.5. The predicted octanol–water partition coefficient (Wildman–Crippen LogP) is 1.94. The summed E-state index contributed by atoms with van der Waals surface area (Å²) >= 11 is 0. The summed E-state index contributed by atoms with van der Waals surface area (Å²) < 4.78 is 14.5. The summed E-state index contributed by atoms with van der Waals surface area (Å²) in [7, 11) is 0. The molecule has 1 aromatic carbocycles. The van der Waals surface area contributed by atoms with Crippen molar-refractivity contribution < 1.29 is 9.18 Å². The van der Waals surface area contributed by atoms with Crippen molar-refractivity contribution in [3.8, 4) is 0 Å². The highest BCUT2D eigenvalue weighted by Crippen LogP contribution is 2.16. The molecule has 2 aromatic rings. The van der Waals surface area contributed by atoms with Crippen molar-refractivity contribution in [2.24, 2.45) is 0 Å². The van der Waals surface area contributed by atoms with Gasteiger partial charge in [-0.2, -0.15) is 0 Å². The van der Waals surface area contributed by atoms with Crippen LogP contribution in [0.1, 0.15) is 26.2 Å². The minimum Gasteiger partial charge on any atom is -0.338 e. The molecule has 1 aliphatic heterocycles. The molecule has 2 heterocycles. The van der Waals surface area contributed by atoms with Crippen molar-refractivity contribution in [2.75, 3.05) is 6.54 Å². The van der Waals surface area contributed by atoms with Crippen LogP contribution in [0.5, 0.6) is 0 Å². The molecule has 1 aliphatic rings. The lowest BCUT2D eigenvalue weighted by Gasteiger charge is -2.33. The Balaban J connectivity index is 1.87. The number of halogens is 1. The number of nitrogens with zero attached hydrogens (tertiary/aromatic N) is 3. The van der Waals surface area contributed by atoms with Gasteiger partial charge in [0.1, 0.15) is 12.4 Å². The molecule has 6 heteroatoms. The minimum absolute atomic E-state index is 0.0243. The monoisotopic (exact) mass is 303 g/mol. The Hall–Kier alpha value is -2.24. The first kappa shape index (κ1) is 14.7. The van der Waals surface area contributed by atoms with Gasteiger partial charge in [0.25, 0.3) is 5.56 Å². The van der Waals surface area contributed by atoms with Gasteiger partial charge in [0.05, 0.1) is 17.2 Å². The number of fused-ring (bicyclic) bond motifs is 1. The standard InChI is InChI=1S/C16H18FN3O2/c1-11-4-2-3-7-20(11)15(21)9-19-10-18-14-8-12(17)5-6-13(14)16(19)22/h5-6,8,10-11H,2-4,7,9H2,1H3. The molecule has 1 atom stereocenters. The Bertz CT molecular complexity index is 772. The van der Waals surface area contributed by atoms with E-state index in [1.807, 2.05) is 11.8 Å². The number of amides is 1. The molecule has 0 bridgehead atoms. The van der Waals surface area contributed by atoms with Crippen molar-refractivity contribution in [3.05, 3.63) is 40.7 Å². The van der Waals surface area contributed by atoms with Crippen molar-refractivity contribution in [1.82, 2.24) is 14.5 Å². The molecule has 116 valence electrons. The maximum Gasteiger partial charge on any atom is 0.261 e. The number of carbonyl (C=O) groups is 1. The maximum absolute atomic E-state index is 13.2. The molecule has 1 fully saturated rings. The summed E-state index contributed by atoms with van der Waals surface area (Å²) in [5.74, 6) is -0.507. The molecule has 0 saturated carbocycles. The van der Waals surface area contributed by atoms with E-state index in [0.717, 1.165) is 25.8 Å². The number of likely N-dealkylation sites (tertiary alicyclic amines) is 1. The van der Waals surface area contributed by atoms with E-state index in [1.54, 1.807) is 0 Å². The topological polar surface area (TPSA) is 55.2 Å². The summed E-state index contributed by atoms with van der Waals surface area (Å²) in [4.78, 5) is 30.7. The first-order chi connectivity index (χ1) is 10.6. The summed E-state index contributed by atoms with van der Waals surface area (Å²) in [6.07, 6.45) is 4.45. The minimum atomic E-state index is -0.435. The number of rotatable bonds is 2. The van der Waals surface area contributed by atoms with E-state index >= 15 is 0 Å². The van der Waals surface area contributed by atoms with Crippen LogP contribution < -0.4 is 5.56 Å². The fraction of sp³-hybridized carbons (Fsp3) is 0.438. The van der Waals surface area contributed by atoms with Crippen LogP contribution in [0, 0.1) is 5.82 Å². The average Bonchev–Trinajstić information content (AvgIpc) is 2.50.